The maximum atomic E-state index is 13.2. The van der Waals surface area contributed by atoms with E-state index < -0.39 is 26.5 Å². The minimum Gasteiger partial charge on any atom is -0.450 e. The molecular weight excluding hydrogens is 399 g/mol. The van der Waals surface area contributed by atoms with Crippen molar-refractivity contribution in [3.8, 4) is 11.5 Å². The van der Waals surface area contributed by atoms with E-state index in [9.17, 15) is 22.9 Å². The van der Waals surface area contributed by atoms with Gasteiger partial charge in [0.25, 0.3) is 10.0 Å². The highest BCUT2D eigenvalue weighted by Crippen LogP contribution is 2.33. The molecule has 0 aliphatic heterocycles. The van der Waals surface area contributed by atoms with Gasteiger partial charge in [-0.3, -0.25) is 14.4 Å². The average Bonchev–Trinajstić information content (AvgIpc) is 2.69. The van der Waals surface area contributed by atoms with Crippen molar-refractivity contribution in [2.24, 2.45) is 0 Å². The van der Waals surface area contributed by atoms with Crippen LogP contribution in [-0.4, -0.2) is 20.4 Å². The largest absolute Gasteiger partial charge is 0.450 e. The number of sulfonamides is 1. The van der Waals surface area contributed by atoms with Gasteiger partial charge in [0, 0.05) is 7.05 Å². The molecule has 3 rings (SSSR count). The first-order chi connectivity index (χ1) is 13.7. The van der Waals surface area contributed by atoms with Gasteiger partial charge in [-0.2, -0.15) is 0 Å². The van der Waals surface area contributed by atoms with Crippen LogP contribution in [0, 0.1) is 22.9 Å². The second-order valence-corrected chi connectivity index (χ2v) is 8.22. The molecule has 0 aromatic heterocycles. The van der Waals surface area contributed by atoms with Crippen LogP contribution in [0.25, 0.3) is 0 Å². The molecule has 0 aliphatic carbocycles. The topological polar surface area (TPSA) is 89.8 Å². The Hall–Kier alpha value is -3.46. The predicted molar refractivity (Wildman–Crippen MR) is 106 cm³/mol. The molecule has 0 saturated heterocycles. The van der Waals surface area contributed by atoms with Crippen LogP contribution in [0.5, 0.6) is 11.5 Å². The first-order valence-corrected chi connectivity index (χ1v) is 9.90. The monoisotopic (exact) mass is 416 g/mol. The Morgan fingerprint density at radius 2 is 1.62 bits per heavy atom. The number of nitrogens with zero attached hydrogens (tertiary/aromatic N) is 2. The van der Waals surface area contributed by atoms with Crippen LogP contribution in [0.15, 0.2) is 71.6 Å². The molecule has 0 atom stereocenters. The van der Waals surface area contributed by atoms with Crippen molar-refractivity contribution in [2.75, 3.05) is 11.4 Å². The molecular formula is C20H17FN2O5S. The summed E-state index contributed by atoms with van der Waals surface area (Å²) in [7, 11) is -2.32. The number of benzene rings is 3. The molecule has 150 valence electrons. The summed E-state index contributed by atoms with van der Waals surface area (Å²) < 4.78 is 45.3. The lowest BCUT2D eigenvalue weighted by Gasteiger charge is -2.20. The van der Waals surface area contributed by atoms with Crippen molar-refractivity contribution < 1.29 is 22.5 Å². The highest BCUT2D eigenvalue weighted by Gasteiger charge is 2.21. The second kappa shape index (κ2) is 7.88. The maximum Gasteiger partial charge on any atom is 0.314 e. The minimum atomic E-state index is -3.74. The predicted octanol–water partition coefficient (Wildman–Crippen LogP) is 4.66. The lowest BCUT2D eigenvalue weighted by Crippen LogP contribution is -2.26. The number of anilines is 1. The summed E-state index contributed by atoms with van der Waals surface area (Å²) in [6.07, 6.45) is 0. The third kappa shape index (κ3) is 4.35. The third-order valence-electron chi connectivity index (χ3n) is 4.23. The summed E-state index contributed by atoms with van der Waals surface area (Å²) in [6, 6.07) is 15.5. The number of nitro groups is 1. The first-order valence-electron chi connectivity index (χ1n) is 8.46. The van der Waals surface area contributed by atoms with Gasteiger partial charge in [0.05, 0.1) is 21.6 Å². The summed E-state index contributed by atoms with van der Waals surface area (Å²) >= 11 is 0. The van der Waals surface area contributed by atoms with E-state index in [2.05, 4.69) is 0 Å². The van der Waals surface area contributed by atoms with Crippen molar-refractivity contribution in [1.29, 1.82) is 0 Å². The minimum absolute atomic E-state index is 0.121. The van der Waals surface area contributed by atoms with Crippen molar-refractivity contribution in [3.05, 3.63) is 88.2 Å². The molecule has 7 nitrogen and oxygen atoms in total. The van der Waals surface area contributed by atoms with Crippen LogP contribution < -0.4 is 9.04 Å². The standard InChI is InChI=1S/C20H17FN2O5S/c1-14-3-10-18(11-4-14)29(26,27)22(2)16-6-8-17(9-7-16)28-20-12-5-15(21)13-19(20)23(24)25/h3-13H,1-2H3. The second-order valence-electron chi connectivity index (χ2n) is 6.25. The number of ether oxygens (including phenoxy) is 1. The van der Waals surface area contributed by atoms with Gasteiger partial charge in [0.15, 0.2) is 0 Å². The van der Waals surface area contributed by atoms with E-state index in [1.165, 1.54) is 43.4 Å². The Kier molecular flexibility index (Phi) is 5.51. The van der Waals surface area contributed by atoms with E-state index in [0.29, 0.717) is 5.69 Å². The fourth-order valence-electron chi connectivity index (χ4n) is 2.58. The Bertz CT molecular complexity index is 1150. The quantitative estimate of drug-likeness (QED) is 0.431. The Morgan fingerprint density at radius 3 is 2.21 bits per heavy atom. The smallest absolute Gasteiger partial charge is 0.314 e. The van der Waals surface area contributed by atoms with Gasteiger partial charge in [0.2, 0.25) is 5.75 Å². The van der Waals surface area contributed by atoms with E-state index >= 15 is 0 Å². The molecule has 0 N–H and O–H groups in total. The molecule has 29 heavy (non-hydrogen) atoms. The maximum absolute atomic E-state index is 13.2. The number of hydrogen-bond donors (Lipinski definition) is 0. The lowest BCUT2D eigenvalue weighted by atomic mass is 10.2. The number of aryl methyl sites for hydroxylation is 1. The van der Waals surface area contributed by atoms with Crippen molar-refractivity contribution >= 4 is 21.4 Å². The number of halogens is 1. The zero-order chi connectivity index (χ0) is 21.2. The van der Waals surface area contributed by atoms with Crippen molar-refractivity contribution in [1.82, 2.24) is 0 Å². The molecule has 0 fully saturated rings. The van der Waals surface area contributed by atoms with E-state index in [1.54, 1.807) is 12.1 Å². The zero-order valence-electron chi connectivity index (χ0n) is 15.6. The normalized spacial score (nSPS) is 11.1. The van der Waals surface area contributed by atoms with Gasteiger partial charge in [0.1, 0.15) is 11.6 Å². The van der Waals surface area contributed by atoms with E-state index in [1.807, 2.05) is 6.92 Å². The molecule has 0 unspecified atom stereocenters. The SMILES string of the molecule is Cc1ccc(S(=O)(=O)N(C)c2ccc(Oc3ccc(F)cc3[N+](=O)[O-])cc2)cc1. The Morgan fingerprint density at radius 1 is 1.00 bits per heavy atom. The summed E-state index contributed by atoms with van der Waals surface area (Å²) in [5, 5.41) is 11.1. The molecule has 9 heteroatoms. The van der Waals surface area contributed by atoms with Crippen LogP contribution in [0.1, 0.15) is 5.56 Å². The van der Waals surface area contributed by atoms with Gasteiger partial charge < -0.3 is 4.74 Å². The van der Waals surface area contributed by atoms with E-state index in [-0.39, 0.29) is 16.4 Å². The van der Waals surface area contributed by atoms with Gasteiger partial charge in [-0.05, 0) is 55.5 Å². The molecule has 0 aliphatic rings. The molecule has 0 amide bonds. The summed E-state index contributed by atoms with van der Waals surface area (Å²) in [5.41, 5.74) is 0.822. The molecule has 3 aromatic carbocycles. The lowest BCUT2D eigenvalue weighted by molar-refractivity contribution is -0.385. The van der Waals surface area contributed by atoms with Crippen LogP contribution in [0.4, 0.5) is 15.8 Å². The molecule has 0 saturated carbocycles. The van der Waals surface area contributed by atoms with Gasteiger partial charge >= 0.3 is 5.69 Å². The Labute approximate surface area is 167 Å². The summed E-state index contributed by atoms with van der Waals surface area (Å²) in [6.45, 7) is 1.87. The Balaban J connectivity index is 1.83. The molecule has 0 radical (unpaired) electrons. The van der Waals surface area contributed by atoms with Crippen molar-refractivity contribution in [2.45, 2.75) is 11.8 Å². The number of hydrogen-bond acceptors (Lipinski definition) is 5. The van der Waals surface area contributed by atoms with E-state index in [4.69, 9.17) is 4.74 Å². The van der Waals surface area contributed by atoms with E-state index in [0.717, 1.165) is 28.1 Å². The molecule has 0 heterocycles. The third-order valence-corrected chi connectivity index (χ3v) is 6.02. The fourth-order valence-corrected chi connectivity index (χ4v) is 3.77. The molecule has 3 aromatic rings. The fraction of sp³-hybridized carbons (Fsp3) is 0.100. The first kappa shape index (κ1) is 20.3. The summed E-state index contributed by atoms with van der Waals surface area (Å²) in [4.78, 5) is 10.5. The van der Waals surface area contributed by atoms with Crippen molar-refractivity contribution in [3.63, 3.8) is 0 Å². The van der Waals surface area contributed by atoms with Crippen LogP contribution in [0.3, 0.4) is 0 Å². The summed E-state index contributed by atoms with van der Waals surface area (Å²) in [5.74, 6) is -0.628. The van der Waals surface area contributed by atoms with Gasteiger partial charge in [-0.25, -0.2) is 12.8 Å². The van der Waals surface area contributed by atoms with Gasteiger partial charge in [-0.1, -0.05) is 17.7 Å². The van der Waals surface area contributed by atoms with Crippen LogP contribution >= 0.6 is 0 Å². The molecule has 0 bridgehead atoms. The highest BCUT2D eigenvalue weighted by molar-refractivity contribution is 7.92. The highest BCUT2D eigenvalue weighted by atomic mass is 32.2. The number of rotatable bonds is 6. The average molecular weight is 416 g/mol. The van der Waals surface area contributed by atoms with Gasteiger partial charge in [-0.15, -0.1) is 0 Å². The van der Waals surface area contributed by atoms with Crippen LogP contribution in [-0.2, 0) is 10.0 Å². The molecule has 0 spiro atoms. The zero-order valence-corrected chi connectivity index (χ0v) is 16.4. The van der Waals surface area contributed by atoms with Crippen LogP contribution in [0.2, 0.25) is 0 Å². The number of nitro benzene ring substituents is 1.